The van der Waals surface area contributed by atoms with Gasteiger partial charge >= 0.3 is 0 Å². The minimum Gasteiger partial charge on any atom is -0.349 e. The summed E-state index contributed by atoms with van der Waals surface area (Å²) in [4.78, 5) is 18.2. The van der Waals surface area contributed by atoms with Crippen LogP contribution in [-0.2, 0) is 16.6 Å². The van der Waals surface area contributed by atoms with E-state index >= 15 is 0 Å². The Balaban J connectivity index is 1.76. The zero-order valence-electron chi connectivity index (χ0n) is 15.7. The number of hydrogen-bond donors (Lipinski definition) is 0. The van der Waals surface area contributed by atoms with Crippen LogP contribution in [0.2, 0.25) is 0 Å². The molecule has 0 radical (unpaired) electrons. The average molecular weight is 412 g/mol. The van der Waals surface area contributed by atoms with Gasteiger partial charge in [0.15, 0.2) is 17.5 Å². The van der Waals surface area contributed by atoms with Crippen LogP contribution in [0.3, 0.4) is 0 Å². The van der Waals surface area contributed by atoms with Crippen LogP contribution in [0, 0.1) is 17.6 Å². The van der Waals surface area contributed by atoms with Gasteiger partial charge in [0.25, 0.3) is 5.56 Å². The highest BCUT2D eigenvalue weighted by molar-refractivity contribution is 7.89. The van der Waals surface area contributed by atoms with Gasteiger partial charge in [-0.1, -0.05) is 13.8 Å². The van der Waals surface area contributed by atoms with Gasteiger partial charge in [-0.25, -0.2) is 22.2 Å². The molecule has 0 bridgehead atoms. The van der Waals surface area contributed by atoms with Gasteiger partial charge < -0.3 is 9.47 Å². The zero-order valence-corrected chi connectivity index (χ0v) is 16.5. The Kier molecular flexibility index (Phi) is 5.80. The monoisotopic (exact) mass is 412 g/mol. The van der Waals surface area contributed by atoms with Crippen LogP contribution in [0.25, 0.3) is 0 Å². The van der Waals surface area contributed by atoms with Crippen LogP contribution in [0.5, 0.6) is 0 Å². The number of hydrogen-bond acceptors (Lipinski definition) is 5. The lowest BCUT2D eigenvalue weighted by molar-refractivity contribution is 0.382. The van der Waals surface area contributed by atoms with Gasteiger partial charge in [0.1, 0.15) is 0 Å². The summed E-state index contributed by atoms with van der Waals surface area (Å²) in [7, 11) is -3.94. The van der Waals surface area contributed by atoms with E-state index in [2.05, 4.69) is 4.98 Å². The molecule has 1 aliphatic heterocycles. The Bertz CT molecular complexity index is 1020. The molecule has 3 rings (SSSR count). The van der Waals surface area contributed by atoms with Crippen molar-refractivity contribution in [3.05, 3.63) is 52.6 Å². The molecule has 1 aromatic heterocycles. The molecule has 0 unspecified atom stereocenters. The summed E-state index contributed by atoms with van der Waals surface area (Å²) in [6.45, 7) is 5.36. The van der Waals surface area contributed by atoms with E-state index in [1.165, 1.54) is 4.31 Å². The highest BCUT2D eigenvalue weighted by Crippen LogP contribution is 2.20. The van der Waals surface area contributed by atoms with Crippen molar-refractivity contribution in [3.8, 4) is 0 Å². The predicted molar refractivity (Wildman–Crippen MR) is 101 cm³/mol. The molecule has 0 aliphatic carbocycles. The fourth-order valence-electron chi connectivity index (χ4n) is 3.12. The molecule has 0 spiro atoms. The molecule has 1 saturated heterocycles. The lowest BCUT2D eigenvalue weighted by atomic mass is 10.2. The van der Waals surface area contributed by atoms with Crippen molar-refractivity contribution in [2.75, 3.05) is 31.1 Å². The van der Waals surface area contributed by atoms with Crippen molar-refractivity contribution in [1.29, 1.82) is 0 Å². The van der Waals surface area contributed by atoms with E-state index in [4.69, 9.17) is 0 Å². The first-order chi connectivity index (χ1) is 13.2. The number of benzene rings is 1. The average Bonchev–Trinajstić information content (AvgIpc) is 2.65. The van der Waals surface area contributed by atoms with Gasteiger partial charge in [0, 0.05) is 45.1 Å². The molecule has 1 fully saturated rings. The molecule has 0 saturated carbocycles. The molecule has 0 atom stereocenters. The predicted octanol–water partition coefficient (Wildman–Crippen LogP) is 1.69. The minimum absolute atomic E-state index is 0.113. The first kappa shape index (κ1) is 20.4. The molecular weight excluding hydrogens is 390 g/mol. The van der Waals surface area contributed by atoms with Crippen molar-refractivity contribution in [2.24, 2.45) is 5.92 Å². The van der Waals surface area contributed by atoms with Gasteiger partial charge in [0.2, 0.25) is 10.0 Å². The van der Waals surface area contributed by atoms with Gasteiger partial charge in [-0.2, -0.15) is 4.31 Å². The third-order valence-corrected chi connectivity index (χ3v) is 6.42. The van der Waals surface area contributed by atoms with Gasteiger partial charge in [-0.15, -0.1) is 0 Å². The maximum atomic E-state index is 13.4. The van der Waals surface area contributed by atoms with Crippen LogP contribution in [0.15, 0.2) is 40.3 Å². The van der Waals surface area contributed by atoms with Gasteiger partial charge in [0.05, 0.1) is 4.90 Å². The molecule has 10 heteroatoms. The molecule has 28 heavy (non-hydrogen) atoms. The van der Waals surface area contributed by atoms with E-state index in [0.29, 0.717) is 18.5 Å². The fourth-order valence-corrected chi connectivity index (χ4v) is 4.55. The van der Waals surface area contributed by atoms with Gasteiger partial charge in [-0.05, 0) is 24.1 Å². The maximum Gasteiger partial charge on any atom is 0.293 e. The Morgan fingerprint density at radius 3 is 2.39 bits per heavy atom. The summed E-state index contributed by atoms with van der Waals surface area (Å²) >= 11 is 0. The summed E-state index contributed by atoms with van der Waals surface area (Å²) < 4.78 is 54.7. The second-order valence-electron chi connectivity index (χ2n) is 7.07. The van der Waals surface area contributed by atoms with E-state index < -0.39 is 21.7 Å². The van der Waals surface area contributed by atoms with Crippen LogP contribution in [0.4, 0.5) is 14.6 Å². The molecule has 1 aliphatic rings. The van der Waals surface area contributed by atoms with Crippen molar-refractivity contribution >= 4 is 15.8 Å². The highest BCUT2D eigenvalue weighted by atomic mass is 32.2. The number of rotatable bonds is 5. The number of anilines is 1. The van der Waals surface area contributed by atoms with Crippen molar-refractivity contribution in [1.82, 2.24) is 13.9 Å². The summed E-state index contributed by atoms with van der Waals surface area (Å²) in [5.74, 6) is -1.73. The Morgan fingerprint density at radius 2 is 1.79 bits per heavy atom. The molecule has 0 N–H and O–H groups in total. The second-order valence-corrected chi connectivity index (χ2v) is 9.01. The number of nitrogens with zero attached hydrogens (tertiary/aromatic N) is 4. The van der Waals surface area contributed by atoms with Crippen molar-refractivity contribution in [2.45, 2.75) is 25.3 Å². The van der Waals surface area contributed by atoms with Crippen LogP contribution >= 0.6 is 0 Å². The van der Waals surface area contributed by atoms with Crippen LogP contribution in [-0.4, -0.2) is 48.5 Å². The third kappa shape index (κ3) is 4.07. The van der Waals surface area contributed by atoms with Crippen LogP contribution < -0.4 is 10.5 Å². The van der Waals surface area contributed by atoms with Crippen molar-refractivity contribution < 1.29 is 17.2 Å². The molecule has 152 valence electrons. The summed E-state index contributed by atoms with van der Waals surface area (Å²) in [5, 5.41) is 0. The zero-order chi connectivity index (χ0) is 20.5. The molecule has 1 aromatic carbocycles. The Labute approximate surface area is 162 Å². The van der Waals surface area contributed by atoms with Gasteiger partial charge in [-0.3, -0.25) is 4.79 Å². The molecular formula is C18H22F2N4O3S. The summed E-state index contributed by atoms with van der Waals surface area (Å²) in [6.07, 6.45) is 3.19. The SMILES string of the molecule is CC(C)Cn1ccnc(N2CCN(S(=O)(=O)c3ccc(F)c(F)c3)CC2)c1=O. The van der Waals surface area contributed by atoms with Crippen molar-refractivity contribution in [3.63, 3.8) is 0 Å². The number of halogens is 2. The number of piperazine rings is 1. The first-order valence-corrected chi connectivity index (χ1v) is 10.4. The quantitative estimate of drug-likeness (QED) is 0.747. The Hall–Kier alpha value is -2.33. The highest BCUT2D eigenvalue weighted by Gasteiger charge is 2.30. The summed E-state index contributed by atoms with van der Waals surface area (Å²) in [5.41, 5.74) is -0.215. The van der Waals surface area contributed by atoms with Crippen LogP contribution in [0.1, 0.15) is 13.8 Å². The normalized spacial score (nSPS) is 16.0. The Morgan fingerprint density at radius 1 is 1.11 bits per heavy atom. The fraction of sp³-hybridized carbons (Fsp3) is 0.444. The van der Waals surface area contributed by atoms with E-state index in [9.17, 15) is 22.0 Å². The topological polar surface area (TPSA) is 75.5 Å². The number of aromatic nitrogens is 2. The standard InChI is InChI=1S/C18H22F2N4O3S/c1-13(2)12-23-6-5-21-17(18(23)25)22-7-9-24(10-8-22)28(26,27)14-3-4-15(19)16(20)11-14/h3-6,11,13H,7-10,12H2,1-2H3. The van der Waals surface area contributed by atoms with E-state index in [1.807, 2.05) is 13.8 Å². The maximum absolute atomic E-state index is 13.4. The summed E-state index contributed by atoms with van der Waals surface area (Å²) in [6, 6.07) is 2.52. The number of sulfonamides is 1. The molecule has 2 aromatic rings. The first-order valence-electron chi connectivity index (χ1n) is 8.95. The third-order valence-electron chi connectivity index (χ3n) is 4.52. The largest absolute Gasteiger partial charge is 0.349 e. The second kappa shape index (κ2) is 7.96. The minimum atomic E-state index is -3.94. The smallest absolute Gasteiger partial charge is 0.293 e. The molecule has 7 nitrogen and oxygen atoms in total. The van der Waals surface area contributed by atoms with E-state index in [-0.39, 0.29) is 42.5 Å². The molecule has 0 amide bonds. The van der Waals surface area contributed by atoms with E-state index in [0.717, 1.165) is 12.1 Å². The lowest BCUT2D eigenvalue weighted by Crippen LogP contribution is -2.50. The molecule has 2 heterocycles. The van der Waals surface area contributed by atoms with E-state index in [1.54, 1.807) is 21.9 Å². The lowest BCUT2D eigenvalue weighted by Gasteiger charge is -2.34.